The van der Waals surface area contributed by atoms with E-state index in [-0.39, 0.29) is 24.0 Å². The Morgan fingerprint density at radius 2 is 1.80 bits per heavy atom. The number of guanidine groups is 1. The number of hydrogen-bond acceptors (Lipinski definition) is 3. The van der Waals surface area contributed by atoms with Crippen LogP contribution in [-0.2, 0) is 4.74 Å². The summed E-state index contributed by atoms with van der Waals surface area (Å²) >= 11 is 0. The minimum Gasteiger partial charge on any atom is -0.497 e. The average Bonchev–Trinajstić information content (AvgIpc) is 3.29. The van der Waals surface area contributed by atoms with Crippen LogP contribution in [-0.4, -0.2) is 57.4 Å². The molecule has 1 saturated carbocycles. The van der Waals surface area contributed by atoms with E-state index >= 15 is 0 Å². The minimum atomic E-state index is 0. The molecule has 0 spiro atoms. The second-order valence-electron chi connectivity index (χ2n) is 8.61. The SMILES string of the molecule is CN=C(NCCC(C)c1ccc(OC)cc1)N1CCC(OCC2CCCC2)CC1.I. The monoisotopic (exact) mass is 529 g/mol. The summed E-state index contributed by atoms with van der Waals surface area (Å²) in [5.41, 5.74) is 1.35. The Morgan fingerprint density at radius 3 is 2.40 bits per heavy atom. The fourth-order valence-electron chi connectivity index (χ4n) is 4.52. The molecule has 1 atom stereocenters. The molecule has 2 aliphatic rings. The number of rotatable bonds is 8. The number of aliphatic imine (C=N–C) groups is 1. The quantitative estimate of drug-likeness (QED) is 0.291. The molecular weight excluding hydrogens is 489 g/mol. The maximum absolute atomic E-state index is 6.21. The standard InChI is InChI=1S/C24H39N3O2.HI/c1-19(21-8-10-22(28-3)11-9-21)12-15-26-24(25-2)27-16-13-23(14-17-27)29-18-20-6-4-5-7-20;/h8-11,19-20,23H,4-7,12-18H2,1-3H3,(H,25,26);1H. The number of benzene rings is 1. The molecule has 1 aliphatic carbocycles. The van der Waals surface area contributed by atoms with Crippen molar-refractivity contribution in [2.45, 2.75) is 63.9 Å². The molecule has 1 aliphatic heterocycles. The van der Waals surface area contributed by atoms with Gasteiger partial charge in [0.2, 0.25) is 0 Å². The second-order valence-corrected chi connectivity index (χ2v) is 8.61. The van der Waals surface area contributed by atoms with Gasteiger partial charge in [-0.25, -0.2) is 0 Å². The molecule has 5 nitrogen and oxygen atoms in total. The van der Waals surface area contributed by atoms with Gasteiger partial charge in [0.1, 0.15) is 5.75 Å². The molecule has 0 radical (unpaired) electrons. The van der Waals surface area contributed by atoms with Crippen LogP contribution in [0.3, 0.4) is 0 Å². The van der Waals surface area contributed by atoms with Gasteiger partial charge in [-0.05, 0) is 61.6 Å². The third-order valence-electron chi connectivity index (χ3n) is 6.54. The van der Waals surface area contributed by atoms with E-state index in [1.54, 1.807) is 7.11 Å². The van der Waals surface area contributed by atoms with Crippen LogP contribution >= 0.6 is 24.0 Å². The predicted molar refractivity (Wildman–Crippen MR) is 135 cm³/mol. The number of halogens is 1. The van der Waals surface area contributed by atoms with Gasteiger partial charge in [0.15, 0.2) is 5.96 Å². The molecule has 1 N–H and O–H groups in total. The van der Waals surface area contributed by atoms with Crippen molar-refractivity contribution in [1.82, 2.24) is 10.2 Å². The number of ether oxygens (including phenoxy) is 2. The predicted octanol–water partition coefficient (Wildman–Crippen LogP) is 5.05. The van der Waals surface area contributed by atoms with Gasteiger partial charge in [-0.15, -0.1) is 24.0 Å². The first-order chi connectivity index (χ1) is 14.2. The molecule has 0 aromatic heterocycles. The summed E-state index contributed by atoms with van der Waals surface area (Å²) in [6, 6.07) is 8.40. The minimum absolute atomic E-state index is 0. The molecule has 1 aromatic rings. The summed E-state index contributed by atoms with van der Waals surface area (Å²) < 4.78 is 11.5. The molecule has 1 heterocycles. The first-order valence-corrected chi connectivity index (χ1v) is 11.4. The molecule has 1 aromatic carbocycles. The van der Waals surface area contributed by atoms with Gasteiger partial charge < -0.3 is 19.7 Å². The summed E-state index contributed by atoms with van der Waals surface area (Å²) in [5, 5.41) is 3.56. The molecule has 0 amide bonds. The van der Waals surface area contributed by atoms with Gasteiger partial charge >= 0.3 is 0 Å². The Bertz CT molecular complexity index is 624. The van der Waals surface area contributed by atoms with Crippen LogP contribution in [0.15, 0.2) is 29.3 Å². The van der Waals surface area contributed by atoms with Gasteiger partial charge in [0, 0.05) is 33.3 Å². The largest absolute Gasteiger partial charge is 0.497 e. The van der Waals surface area contributed by atoms with Crippen LogP contribution in [0.1, 0.15) is 63.4 Å². The van der Waals surface area contributed by atoms with E-state index in [1.165, 1.54) is 31.2 Å². The fourth-order valence-corrected chi connectivity index (χ4v) is 4.52. The molecule has 1 unspecified atom stereocenters. The normalized spacial score (nSPS) is 19.4. The highest BCUT2D eigenvalue weighted by atomic mass is 127. The van der Waals surface area contributed by atoms with Crippen LogP contribution in [0.2, 0.25) is 0 Å². The first kappa shape index (κ1) is 25.2. The van der Waals surface area contributed by atoms with Gasteiger partial charge in [-0.3, -0.25) is 4.99 Å². The smallest absolute Gasteiger partial charge is 0.193 e. The van der Waals surface area contributed by atoms with Crippen LogP contribution in [0.25, 0.3) is 0 Å². The number of nitrogens with one attached hydrogen (secondary N) is 1. The molecule has 2 fully saturated rings. The van der Waals surface area contributed by atoms with Crippen molar-refractivity contribution in [3.63, 3.8) is 0 Å². The topological polar surface area (TPSA) is 46.1 Å². The molecule has 170 valence electrons. The number of piperidine rings is 1. The summed E-state index contributed by atoms with van der Waals surface area (Å²) in [4.78, 5) is 6.89. The summed E-state index contributed by atoms with van der Waals surface area (Å²) in [6.07, 6.45) is 9.24. The van der Waals surface area contributed by atoms with E-state index < -0.39 is 0 Å². The van der Waals surface area contributed by atoms with Crippen LogP contribution in [0, 0.1) is 5.92 Å². The Kier molecular flexibility index (Phi) is 11.3. The zero-order chi connectivity index (χ0) is 20.5. The zero-order valence-electron chi connectivity index (χ0n) is 18.9. The van der Waals surface area contributed by atoms with E-state index in [4.69, 9.17) is 9.47 Å². The van der Waals surface area contributed by atoms with E-state index in [1.807, 2.05) is 19.2 Å². The van der Waals surface area contributed by atoms with Crippen molar-refractivity contribution in [2.75, 3.05) is 40.4 Å². The van der Waals surface area contributed by atoms with E-state index in [9.17, 15) is 0 Å². The third kappa shape index (κ3) is 7.59. The lowest BCUT2D eigenvalue weighted by Gasteiger charge is -2.34. The van der Waals surface area contributed by atoms with E-state index in [0.717, 1.165) is 63.1 Å². The highest BCUT2D eigenvalue weighted by Crippen LogP contribution is 2.26. The van der Waals surface area contributed by atoms with Crippen molar-refractivity contribution < 1.29 is 9.47 Å². The molecule has 6 heteroatoms. The molecule has 1 saturated heterocycles. The lowest BCUT2D eigenvalue weighted by atomic mass is 9.98. The summed E-state index contributed by atoms with van der Waals surface area (Å²) in [7, 11) is 3.59. The summed E-state index contributed by atoms with van der Waals surface area (Å²) in [6.45, 7) is 6.24. The Hall–Kier alpha value is -1.02. The van der Waals surface area contributed by atoms with Crippen molar-refractivity contribution in [2.24, 2.45) is 10.9 Å². The maximum Gasteiger partial charge on any atom is 0.193 e. The number of methoxy groups -OCH3 is 1. The maximum atomic E-state index is 6.21. The van der Waals surface area contributed by atoms with Crippen LogP contribution < -0.4 is 10.1 Å². The molecular formula is C24H40IN3O2. The fraction of sp³-hybridized carbons (Fsp3) is 0.708. The van der Waals surface area contributed by atoms with Crippen LogP contribution in [0.4, 0.5) is 0 Å². The van der Waals surface area contributed by atoms with E-state index in [2.05, 4.69) is 34.3 Å². The second kappa shape index (κ2) is 13.4. The third-order valence-corrected chi connectivity index (χ3v) is 6.54. The molecule has 0 bridgehead atoms. The first-order valence-electron chi connectivity index (χ1n) is 11.4. The molecule has 30 heavy (non-hydrogen) atoms. The van der Waals surface area contributed by atoms with Gasteiger partial charge in [0.25, 0.3) is 0 Å². The van der Waals surface area contributed by atoms with Crippen molar-refractivity contribution >= 4 is 29.9 Å². The lowest BCUT2D eigenvalue weighted by Crippen LogP contribution is -2.47. The zero-order valence-corrected chi connectivity index (χ0v) is 21.3. The number of hydrogen-bond donors (Lipinski definition) is 1. The van der Waals surface area contributed by atoms with Gasteiger partial charge in [-0.1, -0.05) is 31.9 Å². The lowest BCUT2D eigenvalue weighted by molar-refractivity contribution is 0.00102. The van der Waals surface area contributed by atoms with Crippen molar-refractivity contribution in [1.29, 1.82) is 0 Å². The number of likely N-dealkylation sites (tertiary alicyclic amines) is 1. The Balaban J connectivity index is 0.00000320. The highest BCUT2D eigenvalue weighted by molar-refractivity contribution is 14.0. The molecule has 3 rings (SSSR count). The summed E-state index contributed by atoms with van der Waals surface area (Å²) in [5.74, 6) is 3.26. The van der Waals surface area contributed by atoms with E-state index in [0.29, 0.717) is 12.0 Å². The number of nitrogens with zero attached hydrogens (tertiary/aromatic N) is 2. The van der Waals surface area contributed by atoms with Crippen molar-refractivity contribution in [3.8, 4) is 5.75 Å². The Labute approximate surface area is 200 Å². The van der Waals surface area contributed by atoms with Gasteiger partial charge in [-0.2, -0.15) is 0 Å². The average molecular weight is 530 g/mol. The van der Waals surface area contributed by atoms with Crippen LogP contribution in [0.5, 0.6) is 5.75 Å². The Morgan fingerprint density at radius 1 is 1.13 bits per heavy atom. The highest BCUT2D eigenvalue weighted by Gasteiger charge is 2.23. The van der Waals surface area contributed by atoms with Crippen molar-refractivity contribution in [3.05, 3.63) is 29.8 Å². The van der Waals surface area contributed by atoms with Gasteiger partial charge in [0.05, 0.1) is 13.2 Å².